The third kappa shape index (κ3) is 3.69. The Morgan fingerprint density at radius 3 is 2.48 bits per heavy atom. The molecule has 1 aliphatic rings. The summed E-state index contributed by atoms with van der Waals surface area (Å²) >= 11 is 0. The van der Waals surface area contributed by atoms with Crippen LogP contribution >= 0.6 is 0 Å². The molecule has 6 heteroatoms. The van der Waals surface area contributed by atoms with Crippen molar-refractivity contribution in [3.8, 4) is 0 Å². The van der Waals surface area contributed by atoms with E-state index in [9.17, 15) is 14.4 Å². The number of para-hydroxylation sites is 1. The third-order valence-corrected chi connectivity index (χ3v) is 4.96. The number of nitrogens with zero attached hydrogens (tertiary/aromatic N) is 2. The average Bonchev–Trinajstić information content (AvgIpc) is 3.51. The van der Waals surface area contributed by atoms with Crippen LogP contribution in [0.3, 0.4) is 0 Å². The Morgan fingerprint density at radius 2 is 1.74 bits per heavy atom. The Bertz CT molecular complexity index is 1080. The van der Waals surface area contributed by atoms with E-state index in [0.29, 0.717) is 23.5 Å². The van der Waals surface area contributed by atoms with Gasteiger partial charge in [-0.1, -0.05) is 42.5 Å². The van der Waals surface area contributed by atoms with Crippen LogP contribution in [0.25, 0.3) is 10.9 Å². The van der Waals surface area contributed by atoms with E-state index in [1.54, 1.807) is 24.3 Å². The van der Waals surface area contributed by atoms with Gasteiger partial charge in [-0.2, -0.15) is 0 Å². The largest absolute Gasteiger partial charge is 0.335 e. The van der Waals surface area contributed by atoms with E-state index >= 15 is 0 Å². The molecule has 0 atom stereocenters. The number of fused-ring (bicyclic) bond motifs is 1. The van der Waals surface area contributed by atoms with Crippen LogP contribution in [-0.2, 0) is 17.9 Å². The van der Waals surface area contributed by atoms with Crippen LogP contribution in [0.5, 0.6) is 0 Å². The number of aryl methyl sites for hydroxylation is 1. The highest BCUT2D eigenvalue weighted by Crippen LogP contribution is 2.29. The molecule has 138 valence electrons. The number of benzene rings is 2. The van der Waals surface area contributed by atoms with Crippen molar-refractivity contribution in [1.82, 2.24) is 14.5 Å². The number of carbonyl (C=O) groups is 1. The second-order valence-corrected chi connectivity index (χ2v) is 6.92. The van der Waals surface area contributed by atoms with Gasteiger partial charge < -0.3 is 4.90 Å². The highest BCUT2D eigenvalue weighted by molar-refractivity contribution is 5.79. The number of hydrogen-bond acceptors (Lipinski definition) is 3. The standard InChI is InChI=1S/C21H21N3O3/c25-19(24(16-10-11-16)14-15-6-2-1-3-7-15)12-13-23-18-9-5-4-8-17(18)20(26)22-21(23)27/h1-9,16H,10-14H2,(H,22,26,27). The summed E-state index contributed by atoms with van der Waals surface area (Å²) in [4.78, 5) is 41.3. The van der Waals surface area contributed by atoms with E-state index in [4.69, 9.17) is 0 Å². The smallest absolute Gasteiger partial charge is 0.328 e. The van der Waals surface area contributed by atoms with Crippen molar-refractivity contribution in [1.29, 1.82) is 0 Å². The molecule has 0 bridgehead atoms. The van der Waals surface area contributed by atoms with Gasteiger partial charge in [-0.3, -0.25) is 19.1 Å². The number of aromatic amines is 1. The van der Waals surface area contributed by atoms with Crippen LogP contribution in [0.1, 0.15) is 24.8 Å². The molecule has 2 aromatic carbocycles. The predicted molar refractivity (Wildman–Crippen MR) is 103 cm³/mol. The molecule has 6 nitrogen and oxygen atoms in total. The molecule has 1 aliphatic carbocycles. The van der Waals surface area contributed by atoms with Crippen LogP contribution in [0.2, 0.25) is 0 Å². The number of rotatable bonds is 6. The van der Waals surface area contributed by atoms with Crippen molar-refractivity contribution < 1.29 is 4.79 Å². The van der Waals surface area contributed by atoms with E-state index in [1.807, 2.05) is 35.2 Å². The van der Waals surface area contributed by atoms with E-state index < -0.39 is 11.2 Å². The minimum absolute atomic E-state index is 0.0311. The lowest BCUT2D eigenvalue weighted by Gasteiger charge is -2.23. The quantitative estimate of drug-likeness (QED) is 0.730. The van der Waals surface area contributed by atoms with Gasteiger partial charge in [0.2, 0.25) is 5.91 Å². The van der Waals surface area contributed by atoms with Crippen molar-refractivity contribution in [3.05, 3.63) is 81.0 Å². The Morgan fingerprint density at radius 1 is 1.04 bits per heavy atom. The third-order valence-electron chi connectivity index (χ3n) is 4.96. The maximum absolute atomic E-state index is 12.9. The lowest BCUT2D eigenvalue weighted by atomic mass is 10.2. The SMILES string of the molecule is O=C(CCn1c(=O)[nH]c(=O)c2ccccc21)N(Cc1ccccc1)C1CC1. The monoisotopic (exact) mass is 363 g/mol. The summed E-state index contributed by atoms with van der Waals surface area (Å²) in [5.74, 6) is 0.0311. The van der Waals surface area contributed by atoms with Gasteiger partial charge in [0.15, 0.2) is 0 Å². The fourth-order valence-corrected chi connectivity index (χ4v) is 3.40. The molecule has 0 unspecified atom stereocenters. The maximum Gasteiger partial charge on any atom is 0.328 e. The predicted octanol–water partition coefficient (Wildman–Crippen LogP) is 2.27. The highest BCUT2D eigenvalue weighted by atomic mass is 16.2. The van der Waals surface area contributed by atoms with Gasteiger partial charge >= 0.3 is 5.69 Å². The second kappa shape index (κ2) is 7.23. The molecule has 0 spiro atoms. The summed E-state index contributed by atoms with van der Waals surface area (Å²) in [5.41, 5.74) is 0.777. The molecular formula is C21H21N3O3. The lowest BCUT2D eigenvalue weighted by molar-refractivity contribution is -0.132. The average molecular weight is 363 g/mol. The topological polar surface area (TPSA) is 75.2 Å². The maximum atomic E-state index is 12.9. The number of H-pyrrole nitrogens is 1. The molecule has 0 saturated heterocycles. The molecule has 1 heterocycles. The highest BCUT2D eigenvalue weighted by Gasteiger charge is 2.32. The molecule has 0 aliphatic heterocycles. The second-order valence-electron chi connectivity index (χ2n) is 6.92. The van der Waals surface area contributed by atoms with Crippen LogP contribution in [-0.4, -0.2) is 26.4 Å². The van der Waals surface area contributed by atoms with E-state index in [1.165, 1.54) is 4.57 Å². The summed E-state index contributed by atoms with van der Waals surface area (Å²) in [5, 5.41) is 0.452. The van der Waals surface area contributed by atoms with Gasteiger partial charge in [-0.15, -0.1) is 0 Å². The molecule has 4 rings (SSSR count). The first kappa shape index (κ1) is 17.3. The Kier molecular flexibility index (Phi) is 4.62. The van der Waals surface area contributed by atoms with E-state index in [0.717, 1.165) is 18.4 Å². The van der Waals surface area contributed by atoms with Crippen LogP contribution < -0.4 is 11.2 Å². The van der Waals surface area contributed by atoms with Crippen LogP contribution in [0, 0.1) is 0 Å². The summed E-state index contributed by atoms with van der Waals surface area (Å²) in [6.45, 7) is 0.832. The van der Waals surface area contributed by atoms with Gasteiger partial charge in [-0.25, -0.2) is 4.79 Å². The normalized spacial score (nSPS) is 13.6. The molecule has 1 amide bonds. The minimum Gasteiger partial charge on any atom is -0.335 e. The van der Waals surface area contributed by atoms with Crippen LogP contribution in [0.15, 0.2) is 64.2 Å². The zero-order valence-electron chi connectivity index (χ0n) is 14.9. The number of nitrogens with one attached hydrogen (secondary N) is 1. The Balaban J connectivity index is 1.54. The van der Waals surface area contributed by atoms with Gasteiger partial charge in [0.25, 0.3) is 5.56 Å². The molecule has 1 fully saturated rings. The summed E-state index contributed by atoms with van der Waals surface area (Å²) in [6, 6.07) is 17.2. The summed E-state index contributed by atoms with van der Waals surface area (Å²) in [7, 11) is 0. The van der Waals surface area contributed by atoms with Crippen molar-refractivity contribution >= 4 is 16.8 Å². The molecule has 1 aromatic heterocycles. The Hall–Kier alpha value is -3.15. The number of aromatic nitrogens is 2. The van der Waals surface area contributed by atoms with Crippen molar-refractivity contribution in [2.45, 2.75) is 38.4 Å². The van der Waals surface area contributed by atoms with Crippen molar-refractivity contribution in [2.75, 3.05) is 0 Å². The zero-order valence-corrected chi connectivity index (χ0v) is 14.9. The number of carbonyl (C=O) groups excluding carboxylic acids is 1. The van der Waals surface area contributed by atoms with Crippen molar-refractivity contribution in [2.24, 2.45) is 0 Å². The minimum atomic E-state index is -0.479. The molecule has 1 N–H and O–H groups in total. The summed E-state index contributed by atoms with van der Waals surface area (Å²) in [6.07, 6.45) is 2.28. The fourth-order valence-electron chi connectivity index (χ4n) is 3.40. The molecule has 1 saturated carbocycles. The van der Waals surface area contributed by atoms with Crippen molar-refractivity contribution in [3.63, 3.8) is 0 Å². The fraction of sp³-hybridized carbons (Fsp3) is 0.286. The zero-order chi connectivity index (χ0) is 18.8. The Labute approximate surface area is 156 Å². The molecule has 27 heavy (non-hydrogen) atoms. The van der Waals surface area contributed by atoms with Gasteiger partial charge in [0.1, 0.15) is 0 Å². The van der Waals surface area contributed by atoms with E-state index in [2.05, 4.69) is 4.98 Å². The van der Waals surface area contributed by atoms with Gasteiger partial charge in [0, 0.05) is 25.6 Å². The van der Waals surface area contributed by atoms with Crippen LogP contribution in [0.4, 0.5) is 0 Å². The molecular weight excluding hydrogens is 342 g/mol. The van der Waals surface area contributed by atoms with Gasteiger partial charge in [0.05, 0.1) is 10.9 Å². The lowest BCUT2D eigenvalue weighted by Crippen LogP contribution is -2.35. The molecule has 0 radical (unpaired) electrons. The number of hydrogen-bond donors (Lipinski definition) is 1. The van der Waals surface area contributed by atoms with E-state index in [-0.39, 0.29) is 18.9 Å². The first-order chi connectivity index (χ1) is 13.1. The first-order valence-electron chi connectivity index (χ1n) is 9.19. The molecule has 3 aromatic rings. The number of amides is 1. The first-order valence-corrected chi connectivity index (χ1v) is 9.19. The summed E-state index contributed by atoms with van der Waals surface area (Å²) < 4.78 is 1.47. The van der Waals surface area contributed by atoms with Gasteiger partial charge in [-0.05, 0) is 30.5 Å².